The zero-order chi connectivity index (χ0) is 16.2. The third-order valence-corrected chi connectivity index (χ3v) is 4.22. The van der Waals surface area contributed by atoms with Crippen molar-refractivity contribution in [1.29, 1.82) is 0 Å². The van der Waals surface area contributed by atoms with Crippen LogP contribution in [0.2, 0.25) is 0 Å². The fourth-order valence-electron chi connectivity index (χ4n) is 2.71. The standard InChI is InChI=1S/C17H18Cl2N2O2/c1-22-13-4-5-14-15(9-13)21(7-6-18)11-12(19)10-20-17(14)16-3-2-8-23-16/h2-5,8-9,12H,6-7,10-11H2,1H3/b20-17+. The maximum atomic E-state index is 6.44. The number of hydrogen-bond donors (Lipinski definition) is 0. The van der Waals surface area contributed by atoms with Gasteiger partial charge in [-0.3, -0.25) is 4.99 Å². The van der Waals surface area contributed by atoms with Crippen LogP contribution < -0.4 is 9.64 Å². The Morgan fingerprint density at radius 3 is 2.96 bits per heavy atom. The van der Waals surface area contributed by atoms with Crippen molar-refractivity contribution >= 4 is 34.6 Å². The maximum absolute atomic E-state index is 6.44. The quantitative estimate of drug-likeness (QED) is 0.785. The first-order valence-corrected chi connectivity index (χ1v) is 8.41. The minimum absolute atomic E-state index is 0.0949. The fraction of sp³-hybridized carbons (Fsp3) is 0.353. The highest BCUT2D eigenvalue weighted by Crippen LogP contribution is 2.31. The van der Waals surface area contributed by atoms with Crippen LogP contribution in [0.5, 0.6) is 5.75 Å². The number of ether oxygens (including phenoxy) is 1. The number of halogens is 2. The highest BCUT2D eigenvalue weighted by molar-refractivity contribution is 6.22. The highest BCUT2D eigenvalue weighted by atomic mass is 35.5. The van der Waals surface area contributed by atoms with Crippen LogP contribution in [0.3, 0.4) is 0 Å². The van der Waals surface area contributed by atoms with Crippen molar-refractivity contribution in [2.75, 3.05) is 37.5 Å². The van der Waals surface area contributed by atoms with Gasteiger partial charge in [0.15, 0.2) is 5.76 Å². The first-order chi connectivity index (χ1) is 11.2. The SMILES string of the molecule is COc1ccc2c(c1)N(CCCl)CC(Cl)C/N=C\2c1ccco1. The predicted molar refractivity (Wildman–Crippen MR) is 94.8 cm³/mol. The van der Waals surface area contributed by atoms with E-state index in [-0.39, 0.29) is 5.38 Å². The zero-order valence-corrected chi connectivity index (χ0v) is 14.3. The molecule has 0 fully saturated rings. The first-order valence-electron chi connectivity index (χ1n) is 7.44. The summed E-state index contributed by atoms with van der Waals surface area (Å²) in [5.41, 5.74) is 2.80. The Morgan fingerprint density at radius 1 is 1.39 bits per heavy atom. The molecule has 0 saturated heterocycles. The molecule has 0 bridgehead atoms. The van der Waals surface area contributed by atoms with Gasteiger partial charge in [0.05, 0.1) is 31.0 Å². The number of anilines is 1. The van der Waals surface area contributed by atoms with E-state index < -0.39 is 0 Å². The lowest BCUT2D eigenvalue weighted by Crippen LogP contribution is -2.35. The number of methoxy groups -OCH3 is 1. The van der Waals surface area contributed by atoms with Crippen molar-refractivity contribution in [3.8, 4) is 5.75 Å². The molecule has 2 heterocycles. The molecule has 6 heteroatoms. The molecule has 0 N–H and O–H groups in total. The molecule has 122 valence electrons. The second kappa shape index (κ2) is 7.28. The molecule has 1 aromatic carbocycles. The molecule has 0 aliphatic carbocycles. The van der Waals surface area contributed by atoms with Crippen LogP contribution in [0.25, 0.3) is 0 Å². The molecular weight excluding hydrogens is 335 g/mol. The fourth-order valence-corrected chi connectivity index (χ4v) is 3.15. The summed E-state index contributed by atoms with van der Waals surface area (Å²) in [6.45, 7) is 1.92. The molecule has 0 saturated carbocycles. The highest BCUT2D eigenvalue weighted by Gasteiger charge is 2.23. The zero-order valence-electron chi connectivity index (χ0n) is 12.8. The van der Waals surface area contributed by atoms with Crippen molar-refractivity contribution < 1.29 is 9.15 Å². The maximum Gasteiger partial charge on any atom is 0.152 e. The van der Waals surface area contributed by atoms with E-state index in [0.717, 1.165) is 28.5 Å². The molecule has 0 spiro atoms. The van der Waals surface area contributed by atoms with Crippen molar-refractivity contribution in [1.82, 2.24) is 0 Å². The second-order valence-electron chi connectivity index (χ2n) is 5.28. The largest absolute Gasteiger partial charge is 0.497 e. The summed E-state index contributed by atoms with van der Waals surface area (Å²) in [5.74, 6) is 2.04. The molecule has 1 unspecified atom stereocenters. The first kappa shape index (κ1) is 16.2. The van der Waals surface area contributed by atoms with Gasteiger partial charge < -0.3 is 14.1 Å². The van der Waals surface area contributed by atoms with Gasteiger partial charge >= 0.3 is 0 Å². The lowest BCUT2D eigenvalue weighted by Gasteiger charge is -2.30. The molecule has 1 aliphatic heterocycles. The third-order valence-electron chi connectivity index (χ3n) is 3.78. The minimum atomic E-state index is -0.0949. The van der Waals surface area contributed by atoms with Crippen LogP contribution >= 0.6 is 23.2 Å². The smallest absolute Gasteiger partial charge is 0.152 e. The molecule has 23 heavy (non-hydrogen) atoms. The molecule has 3 rings (SSSR count). The Bertz CT molecular complexity index is 686. The summed E-state index contributed by atoms with van der Waals surface area (Å²) < 4.78 is 10.9. The van der Waals surface area contributed by atoms with Crippen LogP contribution in [0.1, 0.15) is 11.3 Å². The van der Waals surface area contributed by atoms with Crippen molar-refractivity contribution in [3.05, 3.63) is 47.9 Å². The van der Waals surface area contributed by atoms with Gasteiger partial charge in [0, 0.05) is 30.6 Å². The number of alkyl halides is 2. The number of aliphatic imine (C=N–C) groups is 1. The Hall–Kier alpha value is -1.65. The van der Waals surface area contributed by atoms with E-state index >= 15 is 0 Å². The van der Waals surface area contributed by atoms with Gasteiger partial charge in [-0.2, -0.15) is 0 Å². The lowest BCUT2D eigenvalue weighted by molar-refractivity contribution is 0.414. The van der Waals surface area contributed by atoms with E-state index in [1.165, 1.54) is 0 Å². The van der Waals surface area contributed by atoms with Gasteiger partial charge in [-0.05, 0) is 24.3 Å². The third kappa shape index (κ3) is 3.48. The molecule has 0 amide bonds. The van der Waals surface area contributed by atoms with E-state index in [1.54, 1.807) is 13.4 Å². The molecule has 4 nitrogen and oxygen atoms in total. The van der Waals surface area contributed by atoms with Crippen LogP contribution in [0.4, 0.5) is 5.69 Å². The molecule has 1 aromatic heterocycles. The monoisotopic (exact) mass is 352 g/mol. The van der Waals surface area contributed by atoms with E-state index in [4.69, 9.17) is 32.4 Å². The predicted octanol–water partition coefficient (Wildman–Crippen LogP) is 3.79. The molecule has 1 aliphatic rings. The second-order valence-corrected chi connectivity index (χ2v) is 6.28. The van der Waals surface area contributed by atoms with Gasteiger partial charge in [-0.1, -0.05) is 0 Å². The summed E-state index contributed by atoms with van der Waals surface area (Å²) in [6.07, 6.45) is 1.65. The van der Waals surface area contributed by atoms with Gasteiger partial charge in [-0.25, -0.2) is 0 Å². The molecular formula is C17H18Cl2N2O2. The normalized spacial score (nSPS) is 20.2. The van der Waals surface area contributed by atoms with E-state index in [1.807, 2.05) is 30.3 Å². The van der Waals surface area contributed by atoms with Crippen LogP contribution in [-0.2, 0) is 0 Å². The Balaban J connectivity index is 2.15. The van der Waals surface area contributed by atoms with Crippen LogP contribution in [0.15, 0.2) is 46.0 Å². The number of furan rings is 1. The van der Waals surface area contributed by atoms with Gasteiger partial charge in [0.25, 0.3) is 0 Å². The summed E-state index contributed by atoms with van der Waals surface area (Å²) in [4.78, 5) is 6.87. The number of fused-ring (bicyclic) bond motifs is 1. The lowest BCUT2D eigenvalue weighted by atomic mass is 10.0. The van der Waals surface area contributed by atoms with E-state index in [2.05, 4.69) is 9.89 Å². The topological polar surface area (TPSA) is 38.0 Å². The van der Waals surface area contributed by atoms with Crippen LogP contribution in [0, 0.1) is 0 Å². The number of rotatable bonds is 4. The molecule has 1 atom stereocenters. The summed E-state index contributed by atoms with van der Waals surface area (Å²) in [7, 11) is 1.66. The van der Waals surface area contributed by atoms with Gasteiger partial charge in [-0.15, -0.1) is 23.2 Å². The van der Waals surface area contributed by atoms with Crippen molar-refractivity contribution in [2.24, 2.45) is 4.99 Å². The van der Waals surface area contributed by atoms with Crippen molar-refractivity contribution in [2.45, 2.75) is 5.38 Å². The van der Waals surface area contributed by atoms with Crippen LogP contribution in [-0.4, -0.2) is 43.7 Å². The Kier molecular flexibility index (Phi) is 5.13. The summed E-state index contributed by atoms with van der Waals surface area (Å²) in [5, 5.41) is -0.0949. The van der Waals surface area contributed by atoms with Crippen molar-refractivity contribution in [3.63, 3.8) is 0 Å². The van der Waals surface area contributed by atoms with E-state index in [0.29, 0.717) is 25.5 Å². The number of benzene rings is 1. The number of nitrogens with zero attached hydrogens (tertiary/aromatic N) is 2. The van der Waals surface area contributed by atoms with Gasteiger partial charge in [0.1, 0.15) is 11.5 Å². The minimum Gasteiger partial charge on any atom is -0.497 e. The van der Waals surface area contributed by atoms with E-state index in [9.17, 15) is 0 Å². The summed E-state index contributed by atoms with van der Waals surface area (Å²) in [6, 6.07) is 9.69. The number of hydrogen-bond acceptors (Lipinski definition) is 4. The summed E-state index contributed by atoms with van der Waals surface area (Å²) >= 11 is 12.4. The molecule has 0 radical (unpaired) electrons. The average molecular weight is 353 g/mol. The average Bonchev–Trinajstić information content (AvgIpc) is 3.07. The Morgan fingerprint density at radius 2 is 2.26 bits per heavy atom. The molecule has 2 aromatic rings. The van der Waals surface area contributed by atoms with Gasteiger partial charge in [0.2, 0.25) is 0 Å². The Labute approximate surface area is 145 Å².